The minimum absolute atomic E-state index is 0.547. The van der Waals surface area contributed by atoms with Crippen molar-refractivity contribution >= 4 is 11.8 Å². The monoisotopic (exact) mass is 560 g/mol. The minimum atomic E-state index is 0.547. The fourth-order valence-corrected chi connectivity index (χ4v) is 3.90. The third-order valence-electron chi connectivity index (χ3n) is 4.40. The number of rotatable bonds is 6. The zero-order valence-corrected chi connectivity index (χ0v) is 27.1. The van der Waals surface area contributed by atoms with Crippen LogP contribution in [0.15, 0.2) is 101 Å². The van der Waals surface area contributed by atoms with Crippen LogP contribution in [0.4, 0.5) is 0 Å². The summed E-state index contributed by atoms with van der Waals surface area (Å²) in [6.45, 7) is 25.9. The number of hydrogen-bond donors (Lipinski definition) is 0. The molecule has 40 heavy (non-hydrogen) atoms. The smallest absolute Gasteiger partial charge is 0.226 e. The van der Waals surface area contributed by atoms with Crippen molar-refractivity contribution in [2.24, 2.45) is 0 Å². The zero-order chi connectivity index (χ0) is 30.8. The summed E-state index contributed by atoms with van der Waals surface area (Å²) in [4.78, 5) is 9.70. The Morgan fingerprint density at radius 3 is 1.20 bits per heavy atom. The van der Waals surface area contributed by atoms with E-state index in [0.717, 1.165) is 32.4 Å². The topological polar surface area (TPSA) is 35.7 Å². The number of pyridine rings is 1. The molecule has 0 bridgehead atoms. The molecule has 1 aromatic heterocycles. The van der Waals surface area contributed by atoms with Crippen LogP contribution >= 0.6 is 11.8 Å². The highest BCUT2D eigenvalue weighted by Gasteiger charge is 2.19. The van der Waals surface area contributed by atoms with Gasteiger partial charge in [0, 0.05) is 20.9 Å². The van der Waals surface area contributed by atoms with Gasteiger partial charge >= 0.3 is 0 Å². The van der Waals surface area contributed by atoms with Gasteiger partial charge in [0.1, 0.15) is 11.5 Å². The van der Waals surface area contributed by atoms with Gasteiger partial charge in [-0.1, -0.05) is 122 Å². The van der Waals surface area contributed by atoms with Crippen LogP contribution in [0.5, 0.6) is 23.3 Å². The molecule has 0 saturated carbocycles. The van der Waals surface area contributed by atoms with Gasteiger partial charge < -0.3 is 14.3 Å². The lowest BCUT2D eigenvalue weighted by Gasteiger charge is -2.17. The zero-order valence-electron chi connectivity index (χ0n) is 26.3. The van der Waals surface area contributed by atoms with Crippen molar-refractivity contribution < 1.29 is 9.47 Å². The van der Waals surface area contributed by atoms with Gasteiger partial charge in [0.2, 0.25) is 18.8 Å². The van der Waals surface area contributed by atoms with Gasteiger partial charge in [-0.25, -0.2) is 6.57 Å². The molecule has 0 saturated heterocycles. The van der Waals surface area contributed by atoms with Gasteiger partial charge in [-0.3, -0.25) is 0 Å². The molecule has 0 amide bonds. The van der Waals surface area contributed by atoms with Crippen molar-refractivity contribution in [1.29, 1.82) is 0 Å². The Hall–Kier alpha value is -3.75. The van der Waals surface area contributed by atoms with Crippen LogP contribution in [0.25, 0.3) is 4.85 Å². The average Bonchev–Trinajstić information content (AvgIpc) is 3.04. The number of para-hydroxylation sites is 2. The van der Waals surface area contributed by atoms with Crippen molar-refractivity contribution in [2.75, 3.05) is 7.05 Å². The van der Waals surface area contributed by atoms with Crippen molar-refractivity contribution in [1.82, 2.24) is 4.98 Å². The molecule has 0 unspecified atom stereocenters. The second kappa shape index (κ2) is 25.5. The van der Waals surface area contributed by atoms with Crippen molar-refractivity contribution in [3.8, 4) is 23.3 Å². The van der Waals surface area contributed by atoms with Gasteiger partial charge in [-0.05, 0) is 50.2 Å². The van der Waals surface area contributed by atoms with E-state index in [0.29, 0.717) is 11.8 Å². The largest absolute Gasteiger partial charge is 0.439 e. The SMILES string of the molecule is CC.CC.CC.CC.Cc1c(Oc2ccccc2)nc(Oc2ccccc2)c(C)c1Sc1ccccc1.[C-]#[N+]C. The number of benzene rings is 3. The highest BCUT2D eigenvalue weighted by atomic mass is 32.2. The predicted octanol–water partition coefficient (Wildman–Crippen LogP) is 12.1. The molecular weight excluding hydrogens is 512 g/mol. The van der Waals surface area contributed by atoms with Crippen LogP contribution in [-0.2, 0) is 0 Å². The van der Waals surface area contributed by atoms with E-state index in [-0.39, 0.29) is 0 Å². The Kier molecular flexibility index (Phi) is 24.5. The molecule has 0 radical (unpaired) electrons. The predicted molar refractivity (Wildman–Crippen MR) is 175 cm³/mol. The van der Waals surface area contributed by atoms with Gasteiger partial charge in [-0.15, -0.1) is 0 Å². The first-order valence-electron chi connectivity index (χ1n) is 14.1. The van der Waals surface area contributed by atoms with Crippen LogP contribution in [0.2, 0.25) is 0 Å². The number of aromatic nitrogens is 1. The van der Waals surface area contributed by atoms with Crippen LogP contribution in [0.1, 0.15) is 66.5 Å². The summed E-state index contributed by atoms with van der Waals surface area (Å²) in [5.41, 5.74) is 1.97. The minimum Gasteiger partial charge on any atom is -0.439 e. The molecule has 4 nitrogen and oxygen atoms in total. The fraction of sp³-hybridized carbons (Fsp3) is 0.314. The van der Waals surface area contributed by atoms with Crippen LogP contribution < -0.4 is 9.47 Å². The van der Waals surface area contributed by atoms with E-state index in [1.54, 1.807) is 11.8 Å². The van der Waals surface area contributed by atoms with E-state index < -0.39 is 0 Å². The summed E-state index contributed by atoms with van der Waals surface area (Å²) in [6.07, 6.45) is 0. The summed E-state index contributed by atoms with van der Waals surface area (Å²) < 4.78 is 12.2. The summed E-state index contributed by atoms with van der Waals surface area (Å²) in [5.74, 6) is 2.58. The number of ether oxygens (including phenoxy) is 2. The second-order valence-corrected chi connectivity index (χ2v) is 7.85. The Morgan fingerprint density at radius 1 is 0.575 bits per heavy atom. The summed E-state index contributed by atoms with van der Waals surface area (Å²) >= 11 is 1.69. The standard InChI is InChI=1S/C25H21NO2S.C2H3N.4C2H6/c1-18-23(29-22-16-10-5-11-17-22)19(2)25(28-21-14-8-4-9-15-21)26-24(18)27-20-12-6-3-7-13-20;1-3-2;4*1-2/h3-17H,1-2H3;1H3;4*1-2H3. The van der Waals surface area contributed by atoms with E-state index in [2.05, 4.69) is 17.0 Å². The van der Waals surface area contributed by atoms with E-state index >= 15 is 0 Å². The number of hydrogen-bond acceptors (Lipinski definition) is 4. The van der Waals surface area contributed by atoms with Gasteiger partial charge in [0.25, 0.3) is 0 Å². The van der Waals surface area contributed by atoms with Crippen LogP contribution in [0, 0.1) is 20.4 Å². The summed E-state index contributed by atoms with van der Waals surface area (Å²) in [6, 6.07) is 29.7. The molecule has 0 aliphatic rings. The molecule has 4 rings (SSSR count). The van der Waals surface area contributed by atoms with E-state index in [9.17, 15) is 0 Å². The molecule has 0 fully saturated rings. The lowest BCUT2D eigenvalue weighted by atomic mass is 10.2. The Morgan fingerprint density at radius 2 is 0.875 bits per heavy atom. The molecule has 4 aromatic rings. The Bertz CT molecular complexity index is 1110. The fourth-order valence-electron chi connectivity index (χ4n) is 2.89. The van der Waals surface area contributed by atoms with Crippen molar-refractivity contribution in [2.45, 2.75) is 79.0 Å². The lowest BCUT2D eigenvalue weighted by molar-refractivity contribution is 0.417. The van der Waals surface area contributed by atoms with Crippen LogP contribution in [0.3, 0.4) is 0 Å². The molecule has 0 N–H and O–H groups in total. The van der Waals surface area contributed by atoms with Gasteiger partial charge in [-0.2, -0.15) is 4.98 Å². The summed E-state index contributed by atoms with van der Waals surface area (Å²) in [7, 11) is 1.42. The molecule has 3 aromatic carbocycles. The molecule has 1 heterocycles. The van der Waals surface area contributed by atoms with Crippen molar-refractivity contribution in [3.63, 3.8) is 0 Å². The molecule has 0 aliphatic heterocycles. The van der Waals surface area contributed by atoms with E-state index in [1.807, 2.05) is 148 Å². The molecule has 0 atom stereocenters. The normalized spacial score (nSPS) is 8.45. The van der Waals surface area contributed by atoms with Gasteiger partial charge in [0.15, 0.2) is 0 Å². The van der Waals surface area contributed by atoms with Crippen molar-refractivity contribution in [3.05, 3.63) is 114 Å². The lowest BCUT2D eigenvalue weighted by Crippen LogP contribution is -2.00. The first-order valence-corrected chi connectivity index (χ1v) is 14.9. The third-order valence-corrected chi connectivity index (χ3v) is 5.73. The summed E-state index contributed by atoms with van der Waals surface area (Å²) in [5, 5.41) is 0. The second-order valence-electron chi connectivity index (χ2n) is 6.77. The Labute approximate surface area is 248 Å². The molecular formula is C35H48N2O2S. The maximum atomic E-state index is 6.12. The maximum Gasteiger partial charge on any atom is 0.226 e. The van der Waals surface area contributed by atoms with E-state index in [1.165, 1.54) is 7.05 Å². The molecule has 5 heteroatoms. The highest BCUT2D eigenvalue weighted by molar-refractivity contribution is 7.99. The number of nitrogens with zero attached hydrogens (tertiary/aromatic N) is 2. The molecule has 0 spiro atoms. The Balaban J connectivity index is 0. The molecule has 216 valence electrons. The highest BCUT2D eigenvalue weighted by Crippen LogP contribution is 2.41. The van der Waals surface area contributed by atoms with Crippen LogP contribution in [-0.4, -0.2) is 12.0 Å². The quantitative estimate of drug-likeness (QED) is 0.220. The average molecular weight is 561 g/mol. The first kappa shape index (κ1) is 38.4. The third kappa shape index (κ3) is 13.9. The van der Waals surface area contributed by atoms with E-state index in [4.69, 9.17) is 21.0 Å². The van der Waals surface area contributed by atoms with Gasteiger partial charge in [0.05, 0.1) is 0 Å². The maximum absolute atomic E-state index is 6.12. The molecule has 0 aliphatic carbocycles. The first-order chi connectivity index (χ1) is 19.6.